The molecule has 1 heterocycles. The standard InChI is InChI=1S/C19H26N2O2/c1-13-7-9-14(10-8-13)18-16(11-12-17(22)21(18)2)19(23)20-15-5-3-4-6-15/h7-10,15-16,18H,3-6,11-12H2,1-2H3,(H,20,23)/t16-,18-/m0/s1. The average molecular weight is 314 g/mol. The van der Waals surface area contributed by atoms with Crippen LogP contribution in [0.5, 0.6) is 0 Å². The number of amides is 2. The molecule has 3 rings (SSSR count). The van der Waals surface area contributed by atoms with Crippen molar-refractivity contribution in [3.05, 3.63) is 35.4 Å². The summed E-state index contributed by atoms with van der Waals surface area (Å²) in [6, 6.07) is 8.36. The van der Waals surface area contributed by atoms with Crippen LogP contribution in [0.2, 0.25) is 0 Å². The fraction of sp³-hybridized carbons (Fsp3) is 0.579. The van der Waals surface area contributed by atoms with Crippen molar-refractivity contribution in [2.24, 2.45) is 5.92 Å². The zero-order valence-electron chi connectivity index (χ0n) is 14.0. The summed E-state index contributed by atoms with van der Waals surface area (Å²) in [5.74, 6) is 0.0864. The predicted octanol–water partition coefficient (Wildman–Crippen LogP) is 2.96. The topological polar surface area (TPSA) is 49.4 Å². The summed E-state index contributed by atoms with van der Waals surface area (Å²) in [4.78, 5) is 26.7. The highest BCUT2D eigenvalue weighted by Crippen LogP contribution is 2.36. The highest BCUT2D eigenvalue weighted by molar-refractivity contribution is 5.85. The van der Waals surface area contributed by atoms with Gasteiger partial charge in [-0.25, -0.2) is 0 Å². The smallest absolute Gasteiger partial charge is 0.225 e. The van der Waals surface area contributed by atoms with Crippen LogP contribution < -0.4 is 5.32 Å². The molecule has 4 nitrogen and oxygen atoms in total. The zero-order valence-corrected chi connectivity index (χ0v) is 14.0. The molecule has 124 valence electrons. The Labute approximate surface area is 138 Å². The van der Waals surface area contributed by atoms with E-state index in [4.69, 9.17) is 0 Å². The summed E-state index contributed by atoms with van der Waals surface area (Å²) in [5, 5.41) is 3.22. The molecular formula is C19H26N2O2. The van der Waals surface area contributed by atoms with Crippen LogP contribution in [-0.4, -0.2) is 29.8 Å². The van der Waals surface area contributed by atoms with Crippen LogP contribution in [0.25, 0.3) is 0 Å². The van der Waals surface area contributed by atoms with Crippen LogP contribution in [-0.2, 0) is 9.59 Å². The average Bonchev–Trinajstić information content (AvgIpc) is 3.04. The van der Waals surface area contributed by atoms with Crippen LogP contribution in [0, 0.1) is 12.8 Å². The van der Waals surface area contributed by atoms with Gasteiger partial charge in [0.25, 0.3) is 0 Å². The van der Waals surface area contributed by atoms with Gasteiger partial charge in [-0.1, -0.05) is 42.7 Å². The van der Waals surface area contributed by atoms with Gasteiger partial charge in [0.1, 0.15) is 0 Å². The molecule has 1 aliphatic heterocycles. The third kappa shape index (κ3) is 3.41. The molecule has 2 fully saturated rings. The van der Waals surface area contributed by atoms with E-state index in [0.717, 1.165) is 18.4 Å². The first-order valence-corrected chi connectivity index (χ1v) is 8.69. The van der Waals surface area contributed by atoms with Crippen molar-refractivity contribution in [2.75, 3.05) is 7.05 Å². The number of nitrogens with zero attached hydrogens (tertiary/aromatic N) is 1. The number of carbonyl (C=O) groups is 2. The van der Waals surface area contributed by atoms with E-state index < -0.39 is 0 Å². The second-order valence-electron chi connectivity index (χ2n) is 7.00. The van der Waals surface area contributed by atoms with Crippen molar-refractivity contribution < 1.29 is 9.59 Å². The van der Waals surface area contributed by atoms with Gasteiger partial charge >= 0.3 is 0 Å². The fourth-order valence-corrected chi connectivity index (χ4v) is 3.91. The third-order valence-corrected chi connectivity index (χ3v) is 5.32. The molecule has 0 bridgehead atoms. The predicted molar refractivity (Wildman–Crippen MR) is 89.8 cm³/mol. The van der Waals surface area contributed by atoms with Gasteiger partial charge in [-0.2, -0.15) is 0 Å². The lowest BCUT2D eigenvalue weighted by molar-refractivity contribution is -0.141. The minimum absolute atomic E-state index is 0.113. The van der Waals surface area contributed by atoms with Gasteiger partial charge < -0.3 is 10.2 Å². The van der Waals surface area contributed by atoms with Crippen LogP contribution in [0.3, 0.4) is 0 Å². The lowest BCUT2D eigenvalue weighted by atomic mass is 9.83. The van der Waals surface area contributed by atoms with E-state index in [1.165, 1.54) is 18.4 Å². The van der Waals surface area contributed by atoms with E-state index in [9.17, 15) is 9.59 Å². The summed E-state index contributed by atoms with van der Waals surface area (Å²) < 4.78 is 0. The lowest BCUT2D eigenvalue weighted by Crippen LogP contribution is -2.48. The maximum absolute atomic E-state index is 12.8. The number of benzene rings is 1. The monoisotopic (exact) mass is 314 g/mol. The van der Waals surface area contributed by atoms with Crippen molar-refractivity contribution >= 4 is 11.8 Å². The molecule has 1 aromatic carbocycles. The Morgan fingerprint density at radius 3 is 2.43 bits per heavy atom. The van der Waals surface area contributed by atoms with E-state index in [2.05, 4.69) is 5.32 Å². The highest BCUT2D eigenvalue weighted by Gasteiger charge is 2.39. The number of hydrogen-bond donors (Lipinski definition) is 1. The molecule has 1 N–H and O–H groups in total. The van der Waals surface area contributed by atoms with E-state index in [1.54, 1.807) is 4.90 Å². The van der Waals surface area contributed by atoms with Gasteiger partial charge in [-0.15, -0.1) is 0 Å². The van der Waals surface area contributed by atoms with Gasteiger partial charge in [-0.3, -0.25) is 9.59 Å². The molecular weight excluding hydrogens is 288 g/mol. The Bertz CT molecular complexity index is 576. The second-order valence-corrected chi connectivity index (χ2v) is 7.00. The highest BCUT2D eigenvalue weighted by atomic mass is 16.2. The number of carbonyl (C=O) groups excluding carboxylic acids is 2. The van der Waals surface area contributed by atoms with Gasteiger partial charge in [0.2, 0.25) is 11.8 Å². The maximum Gasteiger partial charge on any atom is 0.225 e. The lowest BCUT2D eigenvalue weighted by Gasteiger charge is -2.39. The number of hydrogen-bond acceptors (Lipinski definition) is 2. The summed E-state index contributed by atoms with van der Waals surface area (Å²) >= 11 is 0. The number of piperidine rings is 1. The van der Waals surface area contributed by atoms with Crippen molar-refractivity contribution in [1.82, 2.24) is 10.2 Å². The number of likely N-dealkylation sites (tertiary alicyclic amines) is 1. The largest absolute Gasteiger partial charge is 0.353 e. The van der Waals surface area contributed by atoms with Gasteiger partial charge in [0.05, 0.1) is 12.0 Å². The molecule has 1 saturated heterocycles. The fourth-order valence-electron chi connectivity index (χ4n) is 3.91. The molecule has 0 radical (unpaired) electrons. The molecule has 0 spiro atoms. The Hall–Kier alpha value is -1.84. The SMILES string of the molecule is Cc1ccc([C@H]2[C@@H](C(=O)NC3CCCC3)CCC(=O)N2C)cc1. The molecule has 2 aliphatic rings. The molecule has 0 unspecified atom stereocenters. The molecule has 1 aromatic rings. The summed E-state index contributed by atoms with van der Waals surface area (Å²) in [7, 11) is 1.82. The van der Waals surface area contributed by atoms with Crippen molar-refractivity contribution in [2.45, 2.75) is 57.5 Å². The molecule has 23 heavy (non-hydrogen) atoms. The molecule has 0 aromatic heterocycles. The number of nitrogens with one attached hydrogen (secondary N) is 1. The Kier molecular flexibility index (Phi) is 4.69. The first-order chi connectivity index (χ1) is 11.1. The first-order valence-electron chi connectivity index (χ1n) is 8.69. The summed E-state index contributed by atoms with van der Waals surface area (Å²) in [6.45, 7) is 2.05. The van der Waals surface area contributed by atoms with Gasteiger partial charge in [0, 0.05) is 19.5 Å². The van der Waals surface area contributed by atoms with Crippen LogP contribution in [0.4, 0.5) is 0 Å². The quantitative estimate of drug-likeness (QED) is 0.932. The second kappa shape index (κ2) is 6.73. The van der Waals surface area contributed by atoms with Crippen molar-refractivity contribution in [3.8, 4) is 0 Å². The maximum atomic E-state index is 12.8. The Morgan fingerprint density at radius 1 is 1.13 bits per heavy atom. The van der Waals surface area contributed by atoms with E-state index in [0.29, 0.717) is 18.9 Å². The van der Waals surface area contributed by atoms with E-state index in [-0.39, 0.29) is 23.8 Å². The molecule has 1 aliphatic carbocycles. The van der Waals surface area contributed by atoms with E-state index >= 15 is 0 Å². The van der Waals surface area contributed by atoms with Crippen molar-refractivity contribution in [1.29, 1.82) is 0 Å². The van der Waals surface area contributed by atoms with Gasteiger partial charge in [0.15, 0.2) is 0 Å². The van der Waals surface area contributed by atoms with Crippen LogP contribution >= 0.6 is 0 Å². The minimum Gasteiger partial charge on any atom is -0.353 e. The summed E-state index contributed by atoms with van der Waals surface area (Å²) in [6.07, 6.45) is 5.68. The van der Waals surface area contributed by atoms with E-state index in [1.807, 2.05) is 38.2 Å². The van der Waals surface area contributed by atoms with Crippen LogP contribution in [0.15, 0.2) is 24.3 Å². The third-order valence-electron chi connectivity index (χ3n) is 5.32. The molecule has 2 amide bonds. The normalized spacial score (nSPS) is 25.7. The van der Waals surface area contributed by atoms with Crippen molar-refractivity contribution in [3.63, 3.8) is 0 Å². The number of aryl methyl sites for hydroxylation is 1. The Balaban J connectivity index is 1.81. The minimum atomic E-state index is -0.154. The van der Waals surface area contributed by atoms with Crippen LogP contribution in [0.1, 0.15) is 55.7 Å². The summed E-state index contributed by atoms with van der Waals surface area (Å²) in [5.41, 5.74) is 2.24. The first kappa shape index (κ1) is 16.0. The number of rotatable bonds is 3. The molecule has 4 heteroatoms. The molecule has 1 saturated carbocycles. The zero-order chi connectivity index (χ0) is 16.4. The molecule has 2 atom stereocenters. The van der Waals surface area contributed by atoms with Gasteiger partial charge in [-0.05, 0) is 31.7 Å². The Morgan fingerprint density at radius 2 is 1.78 bits per heavy atom.